The number of alkyl halides is 3. The molecule has 1 heterocycles. The first kappa shape index (κ1) is 19.2. The first-order chi connectivity index (χ1) is 12.4. The van der Waals surface area contributed by atoms with Crippen LogP contribution < -0.4 is 10.6 Å². The Morgan fingerprint density at radius 1 is 1.19 bits per heavy atom. The lowest BCUT2D eigenvalue weighted by Crippen LogP contribution is -2.28. The molecule has 1 fully saturated rings. The molecule has 2 unspecified atom stereocenters. The van der Waals surface area contributed by atoms with E-state index in [-0.39, 0.29) is 5.56 Å². The van der Waals surface area contributed by atoms with E-state index in [4.69, 9.17) is 0 Å². The van der Waals surface area contributed by atoms with Gasteiger partial charge in [-0.25, -0.2) is 0 Å². The second-order valence-corrected chi connectivity index (χ2v) is 7.54. The monoisotopic (exact) mass is 426 g/mol. The third kappa shape index (κ3) is 4.41. The summed E-state index contributed by atoms with van der Waals surface area (Å²) in [5.41, 5.74) is 2.60. The Bertz CT molecular complexity index is 738. The molecule has 6 heteroatoms. The van der Waals surface area contributed by atoms with Crippen LogP contribution in [0.25, 0.3) is 0 Å². The summed E-state index contributed by atoms with van der Waals surface area (Å²) in [5, 5.41) is 6.00. The minimum Gasteiger partial charge on any atom is -0.370 e. The summed E-state index contributed by atoms with van der Waals surface area (Å²) < 4.78 is 42.0. The SMILES string of the molecule is CCc1cc(Br)ccc1C(Nc1ccc(C2CCNC2)cc1)C(F)(F)F. The molecule has 2 nitrogen and oxygen atoms in total. The van der Waals surface area contributed by atoms with E-state index in [2.05, 4.69) is 26.6 Å². The highest BCUT2D eigenvalue weighted by molar-refractivity contribution is 9.10. The Morgan fingerprint density at radius 3 is 2.50 bits per heavy atom. The van der Waals surface area contributed by atoms with Crippen LogP contribution in [0.1, 0.15) is 42.0 Å². The van der Waals surface area contributed by atoms with E-state index in [9.17, 15) is 13.2 Å². The van der Waals surface area contributed by atoms with E-state index < -0.39 is 12.2 Å². The fourth-order valence-corrected chi connectivity index (χ4v) is 3.86. The zero-order valence-electron chi connectivity index (χ0n) is 14.5. The lowest BCUT2D eigenvalue weighted by atomic mass is 9.96. The number of halogens is 4. The Balaban J connectivity index is 1.85. The topological polar surface area (TPSA) is 24.1 Å². The zero-order valence-corrected chi connectivity index (χ0v) is 16.1. The predicted molar refractivity (Wildman–Crippen MR) is 103 cm³/mol. The quantitative estimate of drug-likeness (QED) is 0.630. The minimum absolute atomic E-state index is 0.271. The van der Waals surface area contributed by atoms with Crippen LogP contribution in [0.4, 0.5) is 18.9 Å². The Labute approximate surface area is 160 Å². The Morgan fingerprint density at radius 2 is 1.92 bits per heavy atom. The molecule has 0 radical (unpaired) electrons. The molecule has 2 aromatic rings. The van der Waals surface area contributed by atoms with Crippen molar-refractivity contribution in [1.29, 1.82) is 0 Å². The molecule has 1 saturated heterocycles. The zero-order chi connectivity index (χ0) is 18.7. The molecule has 0 spiro atoms. The van der Waals surface area contributed by atoms with Crippen molar-refractivity contribution in [2.24, 2.45) is 0 Å². The summed E-state index contributed by atoms with van der Waals surface area (Å²) >= 11 is 3.34. The highest BCUT2D eigenvalue weighted by Gasteiger charge is 2.41. The van der Waals surface area contributed by atoms with Gasteiger partial charge < -0.3 is 10.6 Å². The van der Waals surface area contributed by atoms with Crippen molar-refractivity contribution in [2.45, 2.75) is 37.9 Å². The van der Waals surface area contributed by atoms with E-state index in [1.54, 1.807) is 30.3 Å². The molecule has 2 N–H and O–H groups in total. The van der Waals surface area contributed by atoms with Gasteiger partial charge in [0.1, 0.15) is 6.04 Å². The van der Waals surface area contributed by atoms with Gasteiger partial charge in [-0.05, 0) is 66.3 Å². The van der Waals surface area contributed by atoms with E-state index in [1.807, 2.05) is 19.1 Å². The number of benzene rings is 2. The molecular weight excluding hydrogens is 405 g/mol. The van der Waals surface area contributed by atoms with Crippen molar-refractivity contribution in [3.63, 3.8) is 0 Å². The highest BCUT2D eigenvalue weighted by Crippen LogP contribution is 2.38. The summed E-state index contributed by atoms with van der Waals surface area (Å²) in [6, 6.07) is 10.6. The number of aryl methyl sites for hydroxylation is 1. The van der Waals surface area contributed by atoms with Gasteiger partial charge in [0, 0.05) is 16.7 Å². The Kier molecular flexibility index (Phi) is 5.92. The first-order valence-corrected chi connectivity index (χ1v) is 9.60. The van der Waals surface area contributed by atoms with Gasteiger partial charge in [-0.15, -0.1) is 0 Å². The molecule has 2 atom stereocenters. The van der Waals surface area contributed by atoms with Crippen molar-refractivity contribution in [3.05, 3.63) is 63.6 Å². The average Bonchev–Trinajstić information content (AvgIpc) is 3.14. The van der Waals surface area contributed by atoms with Gasteiger partial charge in [0.25, 0.3) is 0 Å². The predicted octanol–water partition coefficient (Wildman–Crippen LogP) is 5.80. The maximum Gasteiger partial charge on any atom is 0.412 e. The van der Waals surface area contributed by atoms with E-state index in [0.717, 1.165) is 24.0 Å². The van der Waals surface area contributed by atoms with Crippen molar-refractivity contribution in [3.8, 4) is 0 Å². The summed E-state index contributed by atoms with van der Waals surface area (Å²) in [7, 11) is 0. The second-order valence-electron chi connectivity index (χ2n) is 6.63. The molecule has 26 heavy (non-hydrogen) atoms. The lowest BCUT2D eigenvalue weighted by Gasteiger charge is -2.25. The van der Waals surface area contributed by atoms with Crippen LogP contribution in [0.3, 0.4) is 0 Å². The third-order valence-corrected chi connectivity index (χ3v) is 5.37. The maximum absolute atomic E-state index is 13.8. The molecule has 2 aromatic carbocycles. The van der Waals surface area contributed by atoms with Crippen LogP contribution in [-0.4, -0.2) is 19.3 Å². The minimum atomic E-state index is -4.38. The van der Waals surface area contributed by atoms with E-state index in [1.165, 1.54) is 5.56 Å². The van der Waals surface area contributed by atoms with Crippen LogP contribution in [0.5, 0.6) is 0 Å². The number of anilines is 1. The molecule has 0 amide bonds. The smallest absolute Gasteiger partial charge is 0.370 e. The van der Waals surface area contributed by atoms with Gasteiger partial charge >= 0.3 is 6.18 Å². The molecular formula is C20H22BrF3N2. The number of rotatable bonds is 5. The van der Waals surface area contributed by atoms with Crippen molar-refractivity contribution in [2.75, 3.05) is 18.4 Å². The molecule has 0 bridgehead atoms. The number of nitrogens with one attached hydrogen (secondary N) is 2. The maximum atomic E-state index is 13.8. The van der Waals surface area contributed by atoms with Crippen LogP contribution in [0.2, 0.25) is 0 Å². The summed E-state index contributed by atoms with van der Waals surface area (Å²) in [5.74, 6) is 0.445. The molecule has 0 aliphatic carbocycles. The van der Waals surface area contributed by atoms with Crippen LogP contribution in [0.15, 0.2) is 46.9 Å². The molecule has 1 aliphatic heterocycles. The van der Waals surface area contributed by atoms with Crippen molar-refractivity contribution < 1.29 is 13.2 Å². The van der Waals surface area contributed by atoms with E-state index >= 15 is 0 Å². The van der Waals surface area contributed by atoms with E-state index in [0.29, 0.717) is 23.6 Å². The largest absolute Gasteiger partial charge is 0.412 e. The van der Waals surface area contributed by atoms with Gasteiger partial charge in [-0.3, -0.25) is 0 Å². The lowest BCUT2D eigenvalue weighted by molar-refractivity contribution is -0.144. The van der Waals surface area contributed by atoms with Gasteiger partial charge in [0.05, 0.1) is 0 Å². The van der Waals surface area contributed by atoms with Crippen molar-refractivity contribution >= 4 is 21.6 Å². The molecule has 140 valence electrons. The number of hydrogen-bond donors (Lipinski definition) is 2. The summed E-state index contributed by atoms with van der Waals surface area (Å²) in [4.78, 5) is 0. The Hall–Kier alpha value is -1.53. The fourth-order valence-electron chi connectivity index (χ4n) is 3.46. The average molecular weight is 427 g/mol. The molecule has 0 aromatic heterocycles. The van der Waals surface area contributed by atoms with Crippen LogP contribution in [0, 0.1) is 0 Å². The summed E-state index contributed by atoms with van der Waals surface area (Å²) in [6.07, 6.45) is -2.78. The molecule has 1 aliphatic rings. The summed E-state index contributed by atoms with van der Waals surface area (Å²) in [6.45, 7) is 3.78. The third-order valence-electron chi connectivity index (χ3n) is 4.88. The normalized spacial score (nSPS) is 18.7. The van der Waals surface area contributed by atoms with Gasteiger partial charge in [-0.1, -0.05) is 41.1 Å². The molecule has 3 rings (SSSR count). The van der Waals surface area contributed by atoms with Gasteiger partial charge in [0.2, 0.25) is 0 Å². The standard InChI is InChI=1S/C20H22BrF3N2/c1-2-13-11-16(21)5-8-18(13)19(20(22,23)24)26-17-6-3-14(4-7-17)15-9-10-25-12-15/h3-8,11,15,19,25-26H,2,9-10,12H2,1H3. The van der Waals surface area contributed by atoms with Crippen molar-refractivity contribution in [1.82, 2.24) is 5.32 Å². The number of hydrogen-bond acceptors (Lipinski definition) is 2. The van der Waals surface area contributed by atoms with Gasteiger partial charge in [0.15, 0.2) is 0 Å². The molecule has 0 saturated carbocycles. The highest BCUT2D eigenvalue weighted by atomic mass is 79.9. The van der Waals surface area contributed by atoms with Crippen LogP contribution >= 0.6 is 15.9 Å². The second kappa shape index (κ2) is 8.01. The first-order valence-electron chi connectivity index (χ1n) is 8.80. The fraction of sp³-hybridized carbons (Fsp3) is 0.400. The van der Waals surface area contributed by atoms with Crippen LogP contribution in [-0.2, 0) is 6.42 Å². The van der Waals surface area contributed by atoms with Gasteiger partial charge in [-0.2, -0.15) is 13.2 Å².